The van der Waals surface area contributed by atoms with E-state index in [4.69, 9.17) is 0 Å². The zero-order chi connectivity index (χ0) is 12.8. The first-order valence-electron chi connectivity index (χ1n) is 6.52. The van der Waals surface area contributed by atoms with E-state index in [1.165, 1.54) is 10.9 Å². The van der Waals surface area contributed by atoms with Gasteiger partial charge in [-0.25, -0.2) is 0 Å². The quantitative estimate of drug-likeness (QED) is 0.767. The normalized spacial score (nSPS) is 12.8. The highest BCUT2D eigenvalue weighted by Gasteiger charge is 2.00. The van der Waals surface area contributed by atoms with Crippen molar-refractivity contribution in [2.24, 2.45) is 0 Å². The highest BCUT2D eigenvalue weighted by atomic mass is 16.3. The second-order valence-electron chi connectivity index (χ2n) is 4.56. The summed E-state index contributed by atoms with van der Waals surface area (Å²) in [5.74, 6) is 0. The summed E-state index contributed by atoms with van der Waals surface area (Å²) >= 11 is 0. The molecule has 0 radical (unpaired) electrons. The summed E-state index contributed by atoms with van der Waals surface area (Å²) in [5.41, 5.74) is 2.28. The number of hydrogen-bond donors (Lipinski definition) is 2. The molecule has 0 amide bonds. The van der Waals surface area contributed by atoms with Crippen LogP contribution in [-0.4, -0.2) is 22.7 Å². The first kappa shape index (κ1) is 13.0. The van der Waals surface area contributed by atoms with Crippen LogP contribution >= 0.6 is 0 Å². The predicted molar refractivity (Wildman–Crippen MR) is 74.4 cm³/mol. The van der Waals surface area contributed by atoms with Crippen molar-refractivity contribution in [3.63, 3.8) is 0 Å². The van der Waals surface area contributed by atoms with Gasteiger partial charge in [-0.2, -0.15) is 0 Å². The number of nitrogens with zero attached hydrogens (tertiary/aromatic N) is 1. The molecular weight excluding hydrogens is 224 g/mol. The number of hydrogen-bond acceptors (Lipinski definition) is 3. The Bertz CT molecular complexity index is 499. The van der Waals surface area contributed by atoms with Crippen molar-refractivity contribution in [1.82, 2.24) is 10.3 Å². The van der Waals surface area contributed by atoms with Gasteiger partial charge in [0.25, 0.3) is 0 Å². The van der Waals surface area contributed by atoms with E-state index in [1.54, 1.807) is 0 Å². The Morgan fingerprint density at radius 2 is 2.22 bits per heavy atom. The molecule has 0 bridgehead atoms. The van der Waals surface area contributed by atoms with Crippen molar-refractivity contribution in [3.8, 4) is 0 Å². The lowest BCUT2D eigenvalue weighted by Crippen LogP contribution is -2.19. The first-order chi connectivity index (χ1) is 8.79. The fourth-order valence-electron chi connectivity index (χ4n) is 1.94. The topological polar surface area (TPSA) is 45.1 Å². The second kappa shape index (κ2) is 6.47. The molecular formula is C15H20N2O. The molecule has 0 aliphatic rings. The average Bonchev–Trinajstić information content (AvgIpc) is 2.43. The Morgan fingerprint density at radius 3 is 3.06 bits per heavy atom. The number of aliphatic hydroxyl groups is 1. The summed E-state index contributed by atoms with van der Waals surface area (Å²) < 4.78 is 0. The van der Waals surface area contributed by atoms with Crippen molar-refractivity contribution >= 4 is 10.9 Å². The van der Waals surface area contributed by atoms with Crippen LogP contribution in [0.3, 0.4) is 0 Å². The lowest BCUT2D eigenvalue weighted by Gasteiger charge is -2.09. The SMILES string of the molecule is CCC(O)CCNCc1ccc2ncccc2c1. The molecule has 18 heavy (non-hydrogen) atoms. The number of aromatic nitrogens is 1. The maximum absolute atomic E-state index is 9.45. The molecule has 1 aromatic heterocycles. The van der Waals surface area contributed by atoms with Gasteiger partial charge in [-0.3, -0.25) is 4.98 Å². The molecule has 2 N–H and O–H groups in total. The molecule has 2 rings (SSSR count). The molecule has 1 atom stereocenters. The zero-order valence-corrected chi connectivity index (χ0v) is 10.8. The molecule has 0 fully saturated rings. The summed E-state index contributed by atoms with van der Waals surface area (Å²) in [4.78, 5) is 4.30. The van der Waals surface area contributed by atoms with Crippen molar-refractivity contribution in [2.75, 3.05) is 6.54 Å². The van der Waals surface area contributed by atoms with Crippen molar-refractivity contribution in [1.29, 1.82) is 0 Å². The van der Waals surface area contributed by atoms with Gasteiger partial charge in [-0.15, -0.1) is 0 Å². The van der Waals surface area contributed by atoms with E-state index in [1.807, 2.05) is 25.3 Å². The number of nitrogens with one attached hydrogen (secondary N) is 1. The summed E-state index contributed by atoms with van der Waals surface area (Å²) in [5, 5.41) is 14.0. The number of pyridine rings is 1. The third-order valence-electron chi connectivity index (χ3n) is 3.12. The van der Waals surface area contributed by atoms with Gasteiger partial charge in [0.1, 0.15) is 0 Å². The van der Waals surface area contributed by atoms with E-state index >= 15 is 0 Å². The van der Waals surface area contributed by atoms with E-state index in [0.717, 1.165) is 31.4 Å². The molecule has 3 nitrogen and oxygen atoms in total. The smallest absolute Gasteiger partial charge is 0.0702 e. The van der Waals surface area contributed by atoms with Gasteiger partial charge in [-0.1, -0.05) is 19.1 Å². The van der Waals surface area contributed by atoms with Gasteiger partial charge in [0.05, 0.1) is 11.6 Å². The third-order valence-corrected chi connectivity index (χ3v) is 3.12. The van der Waals surface area contributed by atoms with Gasteiger partial charge in [0, 0.05) is 18.1 Å². The van der Waals surface area contributed by atoms with Crippen LogP contribution in [0.4, 0.5) is 0 Å². The van der Waals surface area contributed by atoms with Crippen LogP contribution < -0.4 is 5.32 Å². The number of aliphatic hydroxyl groups excluding tert-OH is 1. The van der Waals surface area contributed by atoms with E-state index in [0.29, 0.717) is 0 Å². The molecule has 1 aromatic carbocycles. The molecule has 0 saturated heterocycles. The molecule has 0 spiro atoms. The maximum atomic E-state index is 9.45. The minimum Gasteiger partial charge on any atom is -0.393 e. The fourth-order valence-corrected chi connectivity index (χ4v) is 1.94. The summed E-state index contributed by atoms with van der Waals surface area (Å²) in [6.07, 6.45) is 3.26. The number of fused-ring (bicyclic) bond motifs is 1. The molecule has 1 unspecified atom stereocenters. The third kappa shape index (κ3) is 3.52. The van der Waals surface area contributed by atoms with E-state index in [2.05, 4.69) is 28.5 Å². The lowest BCUT2D eigenvalue weighted by molar-refractivity contribution is 0.159. The standard InChI is InChI=1S/C15H20N2O/c1-2-14(18)7-9-16-11-12-5-6-15-13(10-12)4-3-8-17-15/h3-6,8,10,14,16,18H,2,7,9,11H2,1H3. The zero-order valence-electron chi connectivity index (χ0n) is 10.8. The first-order valence-corrected chi connectivity index (χ1v) is 6.52. The largest absolute Gasteiger partial charge is 0.393 e. The Morgan fingerprint density at radius 1 is 1.33 bits per heavy atom. The minimum absolute atomic E-state index is 0.182. The molecule has 0 aliphatic carbocycles. The predicted octanol–water partition coefficient (Wildman–Crippen LogP) is 2.49. The molecule has 0 saturated carbocycles. The van der Waals surface area contributed by atoms with Crippen LogP contribution in [0.25, 0.3) is 10.9 Å². The van der Waals surface area contributed by atoms with Crippen LogP contribution in [0.1, 0.15) is 25.3 Å². The molecule has 1 heterocycles. The second-order valence-corrected chi connectivity index (χ2v) is 4.56. The summed E-state index contributed by atoms with van der Waals surface area (Å²) in [6.45, 7) is 3.68. The van der Waals surface area contributed by atoms with Crippen LogP contribution in [0, 0.1) is 0 Å². The monoisotopic (exact) mass is 244 g/mol. The van der Waals surface area contributed by atoms with Crippen LogP contribution in [-0.2, 0) is 6.54 Å². The van der Waals surface area contributed by atoms with Gasteiger partial charge in [0.15, 0.2) is 0 Å². The van der Waals surface area contributed by atoms with E-state index < -0.39 is 0 Å². The number of benzene rings is 1. The highest BCUT2D eigenvalue weighted by molar-refractivity contribution is 5.78. The Hall–Kier alpha value is -1.45. The van der Waals surface area contributed by atoms with E-state index in [9.17, 15) is 5.11 Å². The fraction of sp³-hybridized carbons (Fsp3) is 0.400. The summed E-state index contributed by atoms with van der Waals surface area (Å²) in [6, 6.07) is 10.3. The van der Waals surface area contributed by atoms with Gasteiger partial charge in [0.2, 0.25) is 0 Å². The van der Waals surface area contributed by atoms with Crippen molar-refractivity contribution < 1.29 is 5.11 Å². The molecule has 2 aromatic rings. The molecule has 96 valence electrons. The van der Waals surface area contributed by atoms with Crippen LogP contribution in [0.5, 0.6) is 0 Å². The summed E-state index contributed by atoms with van der Waals surface area (Å²) in [7, 11) is 0. The molecule has 3 heteroatoms. The van der Waals surface area contributed by atoms with E-state index in [-0.39, 0.29) is 6.10 Å². The highest BCUT2D eigenvalue weighted by Crippen LogP contribution is 2.13. The van der Waals surface area contributed by atoms with Gasteiger partial charge >= 0.3 is 0 Å². The van der Waals surface area contributed by atoms with Crippen molar-refractivity contribution in [2.45, 2.75) is 32.4 Å². The van der Waals surface area contributed by atoms with Gasteiger partial charge in [-0.05, 0) is 43.1 Å². The minimum atomic E-state index is -0.182. The maximum Gasteiger partial charge on any atom is 0.0702 e. The van der Waals surface area contributed by atoms with Crippen LogP contribution in [0.2, 0.25) is 0 Å². The number of rotatable bonds is 6. The Balaban J connectivity index is 1.88. The average molecular weight is 244 g/mol. The molecule has 0 aliphatic heterocycles. The van der Waals surface area contributed by atoms with Crippen LogP contribution in [0.15, 0.2) is 36.5 Å². The van der Waals surface area contributed by atoms with Gasteiger partial charge < -0.3 is 10.4 Å². The lowest BCUT2D eigenvalue weighted by atomic mass is 10.1. The Kier molecular flexibility index (Phi) is 4.67. The van der Waals surface area contributed by atoms with Crippen molar-refractivity contribution in [3.05, 3.63) is 42.1 Å². The Labute approximate surface area is 108 Å².